The van der Waals surface area contributed by atoms with Gasteiger partial charge in [-0.15, -0.1) is 12.4 Å². The smallest absolute Gasteiger partial charge is 0.387 e. The van der Waals surface area contributed by atoms with E-state index >= 15 is 0 Å². The summed E-state index contributed by atoms with van der Waals surface area (Å²) in [6.07, 6.45) is 0. The van der Waals surface area contributed by atoms with Gasteiger partial charge in [0.25, 0.3) is 0 Å². The molecule has 1 aromatic carbocycles. The fourth-order valence-corrected chi connectivity index (χ4v) is 1.38. The molecule has 0 saturated heterocycles. The number of halogens is 3. The van der Waals surface area contributed by atoms with Crippen LogP contribution in [-0.2, 0) is 4.79 Å². The van der Waals surface area contributed by atoms with E-state index < -0.39 is 6.61 Å². The summed E-state index contributed by atoms with van der Waals surface area (Å²) in [4.78, 5) is 11.7. The van der Waals surface area contributed by atoms with Crippen molar-refractivity contribution in [2.24, 2.45) is 5.92 Å². The highest BCUT2D eigenvalue weighted by Crippen LogP contribution is 2.18. The maximum absolute atomic E-state index is 11.9. The van der Waals surface area contributed by atoms with E-state index in [1.807, 2.05) is 0 Å². The van der Waals surface area contributed by atoms with Gasteiger partial charge in [0.05, 0.1) is 0 Å². The van der Waals surface area contributed by atoms with Gasteiger partial charge in [-0.3, -0.25) is 4.79 Å². The molecule has 1 amide bonds. The second-order valence-corrected chi connectivity index (χ2v) is 3.85. The fourth-order valence-electron chi connectivity index (χ4n) is 1.38. The van der Waals surface area contributed by atoms with Crippen LogP contribution in [-0.4, -0.2) is 26.1 Å². The van der Waals surface area contributed by atoms with Crippen LogP contribution in [0.25, 0.3) is 0 Å². The molecular weight excluding hydrogens is 278 g/mol. The third-order valence-corrected chi connectivity index (χ3v) is 2.30. The number of carbonyl (C=O) groups is 1. The molecule has 1 atom stereocenters. The van der Waals surface area contributed by atoms with Crippen LogP contribution in [0.5, 0.6) is 5.75 Å². The highest BCUT2D eigenvalue weighted by Gasteiger charge is 2.12. The number of carbonyl (C=O) groups excluding carboxylic acids is 1. The van der Waals surface area contributed by atoms with Crippen LogP contribution >= 0.6 is 12.4 Å². The number of benzene rings is 1. The third-order valence-electron chi connectivity index (χ3n) is 2.30. The zero-order valence-electron chi connectivity index (χ0n) is 10.7. The van der Waals surface area contributed by atoms with Gasteiger partial charge in [0, 0.05) is 18.2 Å². The molecule has 0 aromatic heterocycles. The molecule has 0 radical (unpaired) electrons. The summed E-state index contributed by atoms with van der Waals surface area (Å²) in [5.41, 5.74) is 0.546. The predicted octanol–water partition coefficient (Wildman–Crippen LogP) is 2.50. The number of alkyl halides is 2. The van der Waals surface area contributed by atoms with Gasteiger partial charge < -0.3 is 15.4 Å². The van der Waals surface area contributed by atoms with Crippen molar-refractivity contribution >= 4 is 24.0 Å². The van der Waals surface area contributed by atoms with Crippen LogP contribution in [0, 0.1) is 5.92 Å². The monoisotopic (exact) mass is 294 g/mol. The van der Waals surface area contributed by atoms with E-state index in [0.29, 0.717) is 12.2 Å². The van der Waals surface area contributed by atoms with Crippen molar-refractivity contribution < 1.29 is 18.3 Å². The Morgan fingerprint density at radius 3 is 2.37 bits per heavy atom. The molecule has 19 heavy (non-hydrogen) atoms. The number of hydrogen-bond donors (Lipinski definition) is 2. The Morgan fingerprint density at radius 1 is 1.32 bits per heavy atom. The van der Waals surface area contributed by atoms with Crippen molar-refractivity contribution in [2.75, 3.05) is 18.9 Å². The second-order valence-electron chi connectivity index (χ2n) is 3.85. The van der Waals surface area contributed by atoms with Gasteiger partial charge in [0.2, 0.25) is 5.91 Å². The van der Waals surface area contributed by atoms with Crippen molar-refractivity contribution in [2.45, 2.75) is 13.5 Å². The minimum atomic E-state index is -2.85. The first kappa shape index (κ1) is 17.6. The zero-order chi connectivity index (χ0) is 13.5. The maximum atomic E-state index is 11.9. The van der Waals surface area contributed by atoms with Crippen LogP contribution in [0.1, 0.15) is 6.92 Å². The molecule has 0 aliphatic rings. The lowest BCUT2D eigenvalue weighted by atomic mass is 10.1. The molecule has 0 heterocycles. The molecule has 0 aliphatic carbocycles. The largest absolute Gasteiger partial charge is 0.435 e. The van der Waals surface area contributed by atoms with Gasteiger partial charge in [-0.05, 0) is 31.3 Å². The van der Waals surface area contributed by atoms with E-state index in [-0.39, 0.29) is 30.0 Å². The molecule has 0 fully saturated rings. The summed E-state index contributed by atoms with van der Waals surface area (Å²) in [6.45, 7) is -0.487. The second kappa shape index (κ2) is 8.66. The number of hydrogen-bond acceptors (Lipinski definition) is 3. The van der Waals surface area contributed by atoms with E-state index in [1.165, 1.54) is 24.3 Å². The molecule has 0 bridgehead atoms. The summed E-state index contributed by atoms with van der Waals surface area (Å²) in [5.74, 6) is -0.245. The number of nitrogens with one attached hydrogen (secondary N) is 2. The molecule has 4 nitrogen and oxygen atoms in total. The van der Waals surface area contributed by atoms with Gasteiger partial charge in [-0.25, -0.2) is 0 Å². The first-order chi connectivity index (χ1) is 8.52. The molecular formula is C12H17ClF2N2O2. The predicted molar refractivity (Wildman–Crippen MR) is 72.0 cm³/mol. The van der Waals surface area contributed by atoms with Gasteiger partial charge >= 0.3 is 6.61 Å². The van der Waals surface area contributed by atoms with Crippen molar-refractivity contribution in [1.82, 2.24) is 5.32 Å². The van der Waals surface area contributed by atoms with Crippen molar-refractivity contribution in [3.8, 4) is 5.75 Å². The van der Waals surface area contributed by atoms with E-state index in [4.69, 9.17) is 0 Å². The first-order valence-corrected chi connectivity index (χ1v) is 5.53. The average Bonchev–Trinajstić information content (AvgIpc) is 2.31. The molecule has 0 aliphatic heterocycles. The summed E-state index contributed by atoms with van der Waals surface area (Å²) < 4.78 is 28.0. The minimum Gasteiger partial charge on any atom is -0.435 e. The number of ether oxygens (including phenoxy) is 1. The van der Waals surface area contributed by atoms with E-state index in [1.54, 1.807) is 14.0 Å². The topological polar surface area (TPSA) is 50.4 Å². The molecule has 108 valence electrons. The Labute approximate surface area is 116 Å². The van der Waals surface area contributed by atoms with Crippen LogP contribution in [0.2, 0.25) is 0 Å². The zero-order valence-corrected chi connectivity index (χ0v) is 11.5. The first-order valence-electron chi connectivity index (χ1n) is 5.53. The molecule has 1 aromatic rings. The Hall–Kier alpha value is -1.40. The summed E-state index contributed by atoms with van der Waals surface area (Å²) in [5, 5.41) is 5.59. The fraction of sp³-hybridized carbons (Fsp3) is 0.417. The highest BCUT2D eigenvalue weighted by molar-refractivity contribution is 5.92. The number of amides is 1. The normalized spacial score (nSPS) is 11.6. The standard InChI is InChI=1S/C12H16F2N2O2.ClH/c1-8(7-15-2)11(17)16-9-3-5-10(6-4-9)18-12(13)14;/h3-6,8,12,15H,7H2,1-2H3,(H,16,17);1H. The number of rotatable bonds is 6. The van der Waals surface area contributed by atoms with Crippen LogP contribution in [0.15, 0.2) is 24.3 Å². The van der Waals surface area contributed by atoms with Crippen molar-refractivity contribution in [3.63, 3.8) is 0 Å². The van der Waals surface area contributed by atoms with Gasteiger partial charge in [-0.2, -0.15) is 8.78 Å². The highest BCUT2D eigenvalue weighted by atomic mass is 35.5. The van der Waals surface area contributed by atoms with Gasteiger partial charge in [-0.1, -0.05) is 6.92 Å². The Balaban J connectivity index is 0.00000324. The van der Waals surface area contributed by atoms with Gasteiger partial charge in [0.1, 0.15) is 5.75 Å². The van der Waals surface area contributed by atoms with E-state index in [9.17, 15) is 13.6 Å². The van der Waals surface area contributed by atoms with E-state index in [2.05, 4.69) is 15.4 Å². The summed E-state index contributed by atoms with van der Waals surface area (Å²) in [6, 6.07) is 5.79. The molecule has 1 rings (SSSR count). The van der Waals surface area contributed by atoms with Crippen molar-refractivity contribution in [1.29, 1.82) is 0 Å². The minimum absolute atomic E-state index is 0. The maximum Gasteiger partial charge on any atom is 0.387 e. The summed E-state index contributed by atoms with van der Waals surface area (Å²) in [7, 11) is 1.76. The quantitative estimate of drug-likeness (QED) is 0.847. The lowest BCUT2D eigenvalue weighted by Gasteiger charge is -2.12. The molecule has 2 N–H and O–H groups in total. The van der Waals surface area contributed by atoms with Gasteiger partial charge in [0.15, 0.2) is 0 Å². The molecule has 1 unspecified atom stereocenters. The van der Waals surface area contributed by atoms with E-state index in [0.717, 1.165) is 0 Å². The van der Waals surface area contributed by atoms with Crippen LogP contribution in [0.3, 0.4) is 0 Å². The Morgan fingerprint density at radius 2 is 1.89 bits per heavy atom. The van der Waals surface area contributed by atoms with Crippen LogP contribution in [0.4, 0.5) is 14.5 Å². The average molecular weight is 295 g/mol. The van der Waals surface area contributed by atoms with Crippen LogP contribution < -0.4 is 15.4 Å². The molecule has 0 spiro atoms. The Kier molecular flexibility index (Phi) is 8.02. The molecule has 7 heteroatoms. The Bertz CT molecular complexity index is 388. The molecule has 0 saturated carbocycles. The number of anilines is 1. The lowest BCUT2D eigenvalue weighted by Crippen LogP contribution is -2.28. The SMILES string of the molecule is CNCC(C)C(=O)Nc1ccc(OC(F)F)cc1.Cl. The third kappa shape index (κ3) is 6.35. The van der Waals surface area contributed by atoms with Crippen molar-refractivity contribution in [3.05, 3.63) is 24.3 Å². The lowest BCUT2D eigenvalue weighted by molar-refractivity contribution is -0.119. The summed E-state index contributed by atoms with van der Waals surface area (Å²) >= 11 is 0.